The van der Waals surface area contributed by atoms with Gasteiger partial charge in [-0.2, -0.15) is 0 Å². The van der Waals surface area contributed by atoms with Crippen LogP contribution in [0.25, 0.3) is 0 Å². The van der Waals surface area contributed by atoms with Crippen molar-refractivity contribution in [2.24, 2.45) is 0 Å². The lowest BCUT2D eigenvalue weighted by Gasteiger charge is -2.17. The van der Waals surface area contributed by atoms with E-state index in [-0.39, 0.29) is 0 Å². The van der Waals surface area contributed by atoms with Crippen LogP contribution in [0, 0.1) is 13.8 Å². The molecule has 2 heteroatoms. The van der Waals surface area contributed by atoms with Crippen LogP contribution in [0.4, 0.5) is 0 Å². The normalized spacial score (nSPS) is 12.6. The largest absolute Gasteiger partial charge is 0.313 e. The molecular formula is C16H21NS. The highest BCUT2D eigenvalue weighted by molar-refractivity contribution is 7.09. The van der Waals surface area contributed by atoms with Crippen molar-refractivity contribution in [1.29, 1.82) is 0 Å². The molecule has 1 atom stereocenters. The number of benzene rings is 1. The zero-order chi connectivity index (χ0) is 13.0. The fourth-order valence-corrected chi connectivity index (χ4v) is 3.15. The zero-order valence-electron chi connectivity index (χ0n) is 11.4. The molecule has 0 saturated carbocycles. The van der Waals surface area contributed by atoms with Crippen LogP contribution in [-0.2, 0) is 6.42 Å². The van der Waals surface area contributed by atoms with E-state index in [4.69, 9.17) is 0 Å². The van der Waals surface area contributed by atoms with Crippen molar-refractivity contribution in [3.8, 4) is 0 Å². The van der Waals surface area contributed by atoms with Gasteiger partial charge in [-0.15, -0.1) is 11.3 Å². The zero-order valence-corrected chi connectivity index (χ0v) is 12.2. The molecule has 0 fully saturated rings. The molecule has 2 aromatic rings. The third-order valence-electron chi connectivity index (χ3n) is 3.25. The molecule has 0 aliphatic carbocycles. The first-order valence-electron chi connectivity index (χ1n) is 6.47. The second-order valence-electron chi connectivity index (χ2n) is 4.88. The van der Waals surface area contributed by atoms with Crippen molar-refractivity contribution in [3.05, 3.63) is 57.3 Å². The van der Waals surface area contributed by atoms with Crippen LogP contribution in [0.3, 0.4) is 0 Å². The van der Waals surface area contributed by atoms with Gasteiger partial charge in [-0.05, 0) is 50.7 Å². The lowest BCUT2D eigenvalue weighted by Crippen LogP contribution is -2.17. The Labute approximate surface area is 114 Å². The molecule has 0 aliphatic heterocycles. The molecule has 0 aliphatic rings. The Hall–Kier alpha value is -1.12. The first-order valence-corrected chi connectivity index (χ1v) is 7.35. The van der Waals surface area contributed by atoms with Crippen LogP contribution in [0.2, 0.25) is 0 Å². The number of hydrogen-bond acceptors (Lipinski definition) is 2. The van der Waals surface area contributed by atoms with E-state index >= 15 is 0 Å². The summed E-state index contributed by atoms with van der Waals surface area (Å²) in [5.74, 6) is 0. The van der Waals surface area contributed by atoms with Gasteiger partial charge in [0.05, 0.1) is 0 Å². The maximum atomic E-state index is 3.44. The van der Waals surface area contributed by atoms with Gasteiger partial charge in [0.25, 0.3) is 0 Å². The van der Waals surface area contributed by atoms with E-state index in [0.29, 0.717) is 6.04 Å². The van der Waals surface area contributed by atoms with Crippen molar-refractivity contribution in [1.82, 2.24) is 5.32 Å². The highest BCUT2D eigenvalue weighted by atomic mass is 32.1. The quantitative estimate of drug-likeness (QED) is 0.846. The van der Waals surface area contributed by atoms with Gasteiger partial charge < -0.3 is 5.32 Å². The minimum absolute atomic E-state index is 0.450. The van der Waals surface area contributed by atoms with Gasteiger partial charge >= 0.3 is 0 Å². The summed E-state index contributed by atoms with van der Waals surface area (Å²) in [5.41, 5.74) is 4.11. The Morgan fingerprint density at radius 1 is 1.17 bits per heavy atom. The Morgan fingerprint density at radius 2 is 1.89 bits per heavy atom. The van der Waals surface area contributed by atoms with E-state index in [9.17, 15) is 0 Å². The molecule has 1 nitrogen and oxygen atoms in total. The summed E-state index contributed by atoms with van der Waals surface area (Å²) in [4.78, 5) is 1.47. The van der Waals surface area contributed by atoms with Gasteiger partial charge in [0.1, 0.15) is 0 Å². The standard InChI is InChI=1S/C16H21NS/c1-12-9-13(2)11-14(10-12)16(17-3)7-6-15-5-4-8-18-15/h4-5,8-11,16-17H,6-7H2,1-3H3. The molecule has 18 heavy (non-hydrogen) atoms. The van der Waals surface area contributed by atoms with Crippen molar-refractivity contribution in [3.63, 3.8) is 0 Å². The number of rotatable bonds is 5. The summed E-state index contributed by atoms with van der Waals surface area (Å²) in [6.45, 7) is 4.34. The van der Waals surface area contributed by atoms with Crippen LogP contribution in [0.5, 0.6) is 0 Å². The molecule has 0 spiro atoms. The Kier molecular flexibility index (Phi) is 4.56. The molecule has 2 rings (SSSR count). The van der Waals surface area contributed by atoms with E-state index < -0.39 is 0 Å². The van der Waals surface area contributed by atoms with Crippen molar-refractivity contribution < 1.29 is 0 Å². The summed E-state index contributed by atoms with van der Waals surface area (Å²) in [6, 6.07) is 11.6. The minimum Gasteiger partial charge on any atom is -0.313 e. The predicted octanol–water partition coefficient (Wildman–Crippen LogP) is 4.26. The lowest BCUT2D eigenvalue weighted by atomic mass is 9.98. The van der Waals surface area contributed by atoms with Crippen LogP contribution in [0.15, 0.2) is 35.7 Å². The van der Waals surface area contributed by atoms with Gasteiger partial charge in [-0.3, -0.25) is 0 Å². The summed E-state index contributed by atoms with van der Waals surface area (Å²) in [5, 5.41) is 5.59. The van der Waals surface area contributed by atoms with Gasteiger partial charge in [-0.1, -0.05) is 35.4 Å². The smallest absolute Gasteiger partial charge is 0.0321 e. The molecule has 0 radical (unpaired) electrons. The van der Waals surface area contributed by atoms with Crippen molar-refractivity contribution >= 4 is 11.3 Å². The van der Waals surface area contributed by atoms with Crippen LogP contribution >= 0.6 is 11.3 Å². The Balaban J connectivity index is 2.07. The van der Waals surface area contributed by atoms with Gasteiger partial charge in [0, 0.05) is 10.9 Å². The molecule has 0 amide bonds. The van der Waals surface area contributed by atoms with Crippen LogP contribution in [-0.4, -0.2) is 7.05 Å². The summed E-state index contributed by atoms with van der Waals surface area (Å²) < 4.78 is 0. The third kappa shape index (κ3) is 3.44. The summed E-state index contributed by atoms with van der Waals surface area (Å²) >= 11 is 1.85. The van der Waals surface area contributed by atoms with Crippen LogP contribution in [0.1, 0.15) is 34.0 Å². The van der Waals surface area contributed by atoms with Crippen molar-refractivity contribution in [2.45, 2.75) is 32.7 Å². The molecule has 1 aromatic carbocycles. The maximum absolute atomic E-state index is 3.44. The highest BCUT2D eigenvalue weighted by Gasteiger charge is 2.10. The number of aryl methyl sites for hydroxylation is 3. The van der Waals surface area contributed by atoms with E-state index in [0.717, 1.165) is 12.8 Å². The van der Waals surface area contributed by atoms with E-state index in [1.807, 2.05) is 11.3 Å². The monoisotopic (exact) mass is 259 g/mol. The average Bonchev–Trinajstić information content (AvgIpc) is 2.81. The predicted molar refractivity (Wildman–Crippen MR) is 80.4 cm³/mol. The lowest BCUT2D eigenvalue weighted by molar-refractivity contribution is 0.551. The molecular weight excluding hydrogens is 238 g/mol. The topological polar surface area (TPSA) is 12.0 Å². The van der Waals surface area contributed by atoms with Gasteiger partial charge in [0.15, 0.2) is 0 Å². The summed E-state index contributed by atoms with van der Waals surface area (Å²) in [6.07, 6.45) is 2.30. The molecule has 1 aromatic heterocycles. The SMILES string of the molecule is CNC(CCc1cccs1)c1cc(C)cc(C)c1. The minimum atomic E-state index is 0.450. The molecule has 1 N–H and O–H groups in total. The van der Waals surface area contributed by atoms with Crippen LogP contribution < -0.4 is 5.32 Å². The second-order valence-corrected chi connectivity index (χ2v) is 5.91. The molecule has 96 valence electrons. The number of hydrogen-bond donors (Lipinski definition) is 1. The van der Waals surface area contributed by atoms with Crippen molar-refractivity contribution in [2.75, 3.05) is 7.05 Å². The fraction of sp³-hybridized carbons (Fsp3) is 0.375. The van der Waals surface area contributed by atoms with E-state index in [2.05, 4.69) is 61.9 Å². The van der Waals surface area contributed by atoms with E-state index in [1.54, 1.807) is 0 Å². The second kappa shape index (κ2) is 6.17. The maximum Gasteiger partial charge on any atom is 0.0321 e. The third-order valence-corrected chi connectivity index (χ3v) is 4.19. The molecule has 0 saturated heterocycles. The molecule has 0 bridgehead atoms. The first kappa shape index (κ1) is 13.3. The van der Waals surface area contributed by atoms with Gasteiger partial charge in [-0.25, -0.2) is 0 Å². The first-order chi connectivity index (χ1) is 8.69. The van der Waals surface area contributed by atoms with Gasteiger partial charge in [0.2, 0.25) is 0 Å². The highest BCUT2D eigenvalue weighted by Crippen LogP contribution is 2.22. The Morgan fingerprint density at radius 3 is 2.44 bits per heavy atom. The Bertz CT molecular complexity index is 468. The molecule has 1 heterocycles. The van der Waals surface area contributed by atoms with E-state index in [1.165, 1.54) is 21.6 Å². The summed E-state index contributed by atoms with van der Waals surface area (Å²) in [7, 11) is 2.05. The molecule has 1 unspecified atom stereocenters. The number of thiophene rings is 1. The average molecular weight is 259 g/mol. The number of nitrogens with one attached hydrogen (secondary N) is 1. The fourth-order valence-electron chi connectivity index (χ4n) is 2.43.